The Morgan fingerprint density at radius 3 is 2.12 bits per heavy atom. The van der Waals surface area contributed by atoms with Gasteiger partial charge in [-0.3, -0.25) is 9.59 Å². The minimum absolute atomic E-state index is 0.0245. The van der Waals surface area contributed by atoms with Gasteiger partial charge in [-0.05, 0) is 73.5 Å². The zero-order valence-electron chi connectivity index (χ0n) is 22.6. The lowest BCUT2D eigenvalue weighted by molar-refractivity contribution is -0.115. The fourth-order valence-corrected chi connectivity index (χ4v) is 6.70. The first-order valence-corrected chi connectivity index (χ1v) is 15.3. The average Bonchev–Trinajstić information content (AvgIpc) is 2.92. The number of sulfonamides is 1. The fourth-order valence-electron chi connectivity index (χ4n) is 3.55. The van der Waals surface area contributed by atoms with Crippen molar-refractivity contribution < 1.29 is 22.7 Å². The van der Waals surface area contributed by atoms with E-state index in [1.54, 1.807) is 38.0 Å². The number of halogens is 2. The molecule has 1 heterocycles. The van der Waals surface area contributed by atoms with Crippen LogP contribution >= 0.6 is 35.0 Å². The first kappa shape index (κ1) is 31.9. The number of hydrogen-bond donors (Lipinski definition) is 1. The van der Waals surface area contributed by atoms with Gasteiger partial charge in [0.1, 0.15) is 4.90 Å². The molecule has 8 nitrogen and oxygen atoms in total. The highest BCUT2D eigenvalue weighted by Crippen LogP contribution is 2.33. The summed E-state index contributed by atoms with van der Waals surface area (Å²) in [6, 6.07) is 16.2. The molecule has 0 bridgehead atoms. The summed E-state index contributed by atoms with van der Waals surface area (Å²) >= 11 is 14.1. The number of amides is 2. The maximum absolute atomic E-state index is 13.1. The van der Waals surface area contributed by atoms with Gasteiger partial charge in [0.25, 0.3) is 5.91 Å². The van der Waals surface area contributed by atoms with Crippen LogP contribution in [0.3, 0.4) is 0 Å². The van der Waals surface area contributed by atoms with Gasteiger partial charge in [-0.2, -0.15) is 4.31 Å². The van der Waals surface area contributed by atoms with Gasteiger partial charge in [-0.1, -0.05) is 41.0 Å². The lowest BCUT2D eigenvalue weighted by Crippen LogP contribution is -2.40. The molecule has 1 saturated heterocycles. The number of carbonyl (C=O) groups is 2. The number of nitrogens with one attached hydrogen (secondary N) is 1. The molecule has 0 aromatic heterocycles. The number of morpholine rings is 1. The molecule has 12 heteroatoms. The standard InChI is InChI=1S/C25H24Cl2N2O4S2.C3H7NO/c1-16-3-6-20(13-17(16)2)34-19-7-4-18(5-8-19)28-25(30)21-14-24(23(27)15-22(21)26)35(31,32)29-9-11-33-12-10-29;1-4(2)3-5/h3-8,13-15H,9-12H2,1-2H3,(H,28,30);3H,1-2H3. The summed E-state index contributed by atoms with van der Waals surface area (Å²) in [5.41, 5.74) is 3.06. The Bertz CT molecular complexity index is 1460. The van der Waals surface area contributed by atoms with Gasteiger partial charge in [0.15, 0.2) is 0 Å². The predicted molar refractivity (Wildman–Crippen MR) is 160 cm³/mol. The molecule has 1 fully saturated rings. The molecule has 0 atom stereocenters. The minimum Gasteiger partial charge on any atom is -0.379 e. The van der Waals surface area contributed by atoms with Gasteiger partial charge in [0.05, 0.1) is 28.8 Å². The van der Waals surface area contributed by atoms with Gasteiger partial charge < -0.3 is 15.0 Å². The van der Waals surface area contributed by atoms with Crippen molar-refractivity contribution in [3.8, 4) is 0 Å². The lowest BCUT2D eigenvalue weighted by atomic mass is 10.1. The maximum Gasteiger partial charge on any atom is 0.257 e. The van der Waals surface area contributed by atoms with E-state index >= 15 is 0 Å². The molecule has 1 aliphatic rings. The second-order valence-electron chi connectivity index (χ2n) is 9.17. The summed E-state index contributed by atoms with van der Waals surface area (Å²) in [5.74, 6) is -0.528. The first-order chi connectivity index (χ1) is 18.9. The quantitative estimate of drug-likeness (QED) is 0.337. The minimum atomic E-state index is -3.90. The van der Waals surface area contributed by atoms with Crippen LogP contribution in [0.25, 0.3) is 0 Å². The van der Waals surface area contributed by atoms with Crippen molar-refractivity contribution >= 4 is 63.0 Å². The highest BCUT2D eigenvalue weighted by Gasteiger charge is 2.30. The van der Waals surface area contributed by atoms with E-state index < -0.39 is 15.9 Å². The van der Waals surface area contributed by atoms with E-state index in [-0.39, 0.29) is 33.6 Å². The van der Waals surface area contributed by atoms with Crippen LogP contribution in [0.4, 0.5) is 5.69 Å². The van der Waals surface area contributed by atoms with E-state index in [0.29, 0.717) is 18.9 Å². The van der Waals surface area contributed by atoms with Crippen molar-refractivity contribution in [1.82, 2.24) is 9.21 Å². The smallest absolute Gasteiger partial charge is 0.257 e. The molecule has 0 aliphatic carbocycles. The molecule has 214 valence electrons. The molecular formula is C28H31Cl2N3O5S2. The largest absolute Gasteiger partial charge is 0.379 e. The van der Waals surface area contributed by atoms with Crippen molar-refractivity contribution in [3.05, 3.63) is 81.3 Å². The van der Waals surface area contributed by atoms with Crippen molar-refractivity contribution in [1.29, 1.82) is 0 Å². The van der Waals surface area contributed by atoms with Crippen molar-refractivity contribution in [2.24, 2.45) is 0 Å². The van der Waals surface area contributed by atoms with Crippen molar-refractivity contribution in [2.45, 2.75) is 28.5 Å². The van der Waals surface area contributed by atoms with Gasteiger partial charge >= 0.3 is 0 Å². The molecule has 0 unspecified atom stereocenters. The monoisotopic (exact) mass is 623 g/mol. The molecule has 3 aromatic carbocycles. The van der Waals surface area contributed by atoms with Gasteiger partial charge in [-0.25, -0.2) is 8.42 Å². The lowest BCUT2D eigenvalue weighted by Gasteiger charge is -2.26. The third-order valence-corrected chi connectivity index (χ3v) is 9.56. The third kappa shape index (κ3) is 8.45. The van der Waals surface area contributed by atoms with E-state index in [9.17, 15) is 18.0 Å². The Balaban J connectivity index is 0.000000810. The van der Waals surface area contributed by atoms with Crippen LogP contribution in [0.15, 0.2) is 69.3 Å². The van der Waals surface area contributed by atoms with E-state index in [2.05, 4.69) is 37.4 Å². The Morgan fingerprint density at radius 2 is 1.55 bits per heavy atom. The van der Waals surface area contributed by atoms with Crippen LogP contribution in [-0.2, 0) is 19.6 Å². The third-order valence-electron chi connectivity index (χ3n) is 5.89. The summed E-state index contributed by atoms with van der Waals surface area (Å²) in [4.78, 5) is 25.8. The Labute approximate surface area is 249 Å². The second kappa shape index (κ2) is 14.3. The predicted octanol–water partition coefficient (Wildman–Crippen LogP) is 5.74. The molecule has 0 spiro atoms. The normalized spacial score (nSPS) is 13.7. The maximum atomic E-state index is 13.1. The fraction of sp³-hybridized carbons (Fsp3) is 0.286. The number of aryl methyl sites for hydroxylation is 2. The topological polar surface area (TPSA) is 96.0 Å². The van der Waals surface area contributed by atoms with Crippen LogP contribution in [-0.4, -0.2) is 70.3 Å². The molecule has 40 heavy (non-hydrogen) atoms. The number of hydrogen-bond acceptors (Lipinski definition) is 6. The zero-order valence-corrected chi connectivity index (χ0v) is 25.8. The number of nitrogens with zero attached hydrogens (tertiary/aromatic N) is 2. The van der Waals surface area contributed by atoms with E-state index in [1.165, 1.54) is 32.5 Å². The number of benzene rings is 3. The number of carbonyl (C=O) groups excluding carboxylic acids is 2. The van der Waals surface area contributed by atoms with Crippen LogP contribution in [0.1, 0.15) is 21.5 Å². The average molecular weight is 625 g/mol. The second-order valence-corrected chi connectivity index (χ2v) is 13.0. The highest BCUT2D eigenvalue weighted by molar-refractivity contribution is 7.99. The molecule has 0 saturated carbocycles. The summed E-state index contributed by atoms with van der Waals surface area (Å²) in [6.07, 6.45) is 0.750. The van der Waals surface area contributed by atoms with Gasteiger partial charge in [0.2, 0.25) is 16.4 Å². The van der Waals surface area contributed by atoms with Crippen molar-refractivity contribution in [2.75, 3.05) is 45.7 Å². The first-order valence-electron chi connectivity index (χ1n) is 12.3. The number of rotatable bonds is 7. The molecular weight excluding hydrogens is 593 g/mol. The molecule has 1 N–H and O–H groups in total. The molecule has 1 aliphatic heterocycles. The van der Waals surface area contributed by atoms with Crippen LogP contribution < -0.4 is 5.32 Å². The molecule has 0 radical (unpaired) electrons. The number of ether oxygens (including phenoxy) is 1. The van der Waals surface area contributed by atoms with Crippen LogP contribution in [0, 0.1) is 13.8 Å². The molecule has 2 amide bonds. The molecule has 3 aromatic rings. The van der Waals surface area contributed by atoms with Crippen molar-refractivity contribution in [3.63, 3.8) is 0 Å². The van der Waals surface area contributed by atoms with E-state index in [0.717, 1.165) is 16.2 Å². The summed E-state index contributed by atoms with van der Waals surface area (Å²) in [6.45, 7) is 5.20. The highest BCUT2D eigenvalue weighted by atomic mass is 35.5. The Morgan fingerprint density at radius 1 is 0.950 bits per heavy atom. The Kier molecular flexibility index (Phi) is 11.4. The summed E-state index contributed by atoms with van der Waals surface area (Å²) in [7, 11) is -0.525. The van der Waals surface area contributed by atoms with Gasteiger partial charge in [0, 0.05) is 42.7 Å². The SMILES string of the molecule is CN(C)C=O.Cc1ccc(Sc2ccc(NC(=O)c3cc(S(=O)(=O)N4CCOCC4)c(Cl)cc3Cl)cc2)cc1C. The number of anilines is 1. The summed E-state index contributed by atoms with van der Waals surface area (Å²) < 4.78 is 32.7. The van der Waals surface area contributed by atoms with E-state index in [1.807, 2.05) is 12.1 Å². The zero-order chi connectivity index (χ0) is 29.4. The summed E-state index contributed by atoms with van der Waals surface area (Å²) in [5, 5.41) is 2.81. The Hall–Kier alpha value is -2.60. The van der Waals surface area contributed by atoms with Crippen LogP contribution in [0.2, 0.25) is 10.0 Å². The van der Waals surface area contributed by atoms with Crippen LogP contribution in [0.5, 0.6) is 0 Å². The van der Waals surface area contributed by atoms with Gasteiger partial charge in [-0.15, -0.1) is 0 Å². The molecule has 4 rings (SSSR count). The van der Waals surface area contributed by atoms with E-state index in [4.69, 9.17) is 27.9 Å².